The second-order valence-corrected chi connectivity index (χ2v) is 6.12. The third-order valence-corrected chi connectivity index (χ3v) is 4.25. The van der Waals surface area contributed by atoms with Crippen molar-refractivity contribution in [1.82, 2.24) is 9.97 Å². The molecule has 20 heavy (non-hydrogen) atoms. The molecule has 112 valence electrons. The molecule has 0 amide bonds. The van der Waals surface area contributed by atoms with E-state index >= 15 is 0 Å². The van der Waals surface area contributed by atoms with Crippen LogP contribution in [0.15, 0.2) is 0 Å². The molecule has 0 aliphatic carbocycles. The summed E-state index contributed by atoms with van der Waals surface area (Å²) in [6, 6.07) is 0. The predicted octanol–water partition coefficient (Wildman–Crippen LogP) is 2.61. The predicted molar refractivity (Wildman–Crippen MR) is 84.1 cm³/mol. The highest BCUT2D eigenvalue weighted by Gasteiger charge is 2.16. The van der Waals surface area contributed by atoms with Gasteiger partial charge in [-0.15, -0.1) is 0 Å². The first kappa shape index (κ1) is 15.2. The lowest BCUT2D eigenvalue weighted by molar-refractivity contribution is 0.585. The van der Waals surface area contributed by atoms with Crippen LogP contribution in [0.1, 0.15) is 49.6 Å². The molecule has 0 aromatic carbocycles. The molecule has 1 unspecified atom stereocenters. The fraction of sp³-hybridized carbons (Fsp3) is 0.750. The zero-order valence-corrected chi connectivity index (χ0v) is 13.2. The van der Waals surface area contributed by atoms with Gasteiger partial charge in [-0.25, -0.2) is 9.97 Å². The molecule has 0 radical (unpaired) electrons. The number of rotatable bonds is 4. The lowest BCUT2D eigenvalue weighted by Gasteiger charge is -2.22. The molecule has 1 aromatic heterocycles. The quantitative estimate of drug-likeness (QED) is 0.918. The number of hydrogen-bond acceptors (Lipinski definition) is 4. The molecule has 4 nitrogen and oxygen atoms in total. The van der Waals surface area contributed by atoms with Crippen LogP contribution in [0.2, 0.25) is 0 Å². The van der Waals surface area contributed by atoms with Crippen LogP contribution < -0.4 is 10.6 Å². The fourth-order valence-electron chi connectivity index (χ4n) is 2.86. The molecule has 1 saturated heterocycles. The number of anilines is 1. The van der Waals surface area contributed by atoms with Gasteiger partial charge in [-0.05, 0) is 51.1 Å². The lowest BCUT2D eigenvalue weighted by atomic mass is 9.99. The van der Waals surface area contributed by atoms with Crippen LogP contribution in [0, 0.1) is 19.8 Å². The highest BCUT2D eigenvalue weighted by molar-refractivity contribution is 5.37. The average Bonchev–Trinajstić information content (AvgIpc) is 2.71. The number of hydrogen-bond donors (Lipinski definition) is 1. The summed E-state index contributed by atoms with van der Waals surface area (Å²) in [6.07, 6.45) is 6.16. The van der Waals surface area contributed by atoms with Gasteiger partial charge in [0.1, 0.15) is 0 Å². The first-order valence-electron chi connectivity index (χ1n) is 7.91. The van der Waals surface area contributed by atoms with Crippen molar-refractivity contribution in [2.24, 2.45) is 11.7 Å². The van der Waals surface area contributed by atoms with E-state index in [2.05, 4.69) is 25.7 Å². The number of nitrogens with zero attached hydrogens (tertiary/aromatic N) is 3. The summed E-state index contributed by atoms with van der Waals surface area (Å²) < 4.78 is 0. The minimum atomic E-state index is 0.486. The Labute approximate surface area is 122 Å². The topological polar surface area (TPSA) is 55.0 Å². The number of aryl methyl sites for hydroxylation is 2. The van der Waals surface area contributed by atoms with E-state index in [-0.39, 0.29) is 0 Å². The molecule has 1 aromatic rings. The second kappa shape index (κ2) is 7.02. The highest BCUT2D eigenvalue weighted by Crippen LogP contribution is 2.21. The van der Waals surface area contributed by atoms with Crippen molar-refractivity contribution in [1.29, 1.82) is 0 Å². The Morgan fingerprint density at radius 1 is 1.05 bits per heavy atom. The summed E-state index contributed by atoms with van der Waals surface area (Å²) in [5, 5.41) is 0. The van der Waals surface area contributed by atoms with Crippen molar-refractivity contribution in [3.63, 3.8) is 0 Å². The molecule has 1 aliphatic heterocycles. The molecule has 2 N–H and O–H groups in total. The molecule has 1 aliphatic rings. The van der Waals surface area contributed by atoms with E-state index in [9.17, 15) is 0 Å². The third-order valence-electron chi connectivity index (χ3n) is 4.25. The first-order valence-corrected chi connectivity index (χ1v) is 7.91. The van der Waals surface area contributed by atoms with Gasteiger partial charge in [-0.1, -0.05) is 19.8 Å². The molecule has 0 bridgehead atoms. The van der Waals surface area contributed by atoms with Crippen LogP contribution >= 0.6 is 0 Å². The monoisotopic (exact) mass is 276 g/mol. The Bertz CT molecular complexity index is 413. The zero-order chi connectivity index (χ0) is 14.5. The van der Waals surface area contributed by atoms with Gasteiger partial charge in [-0.3, -0.25) is 0 Å². The summed E-state index contributed by atoms with van der Waals surface area (Å²) >= 11 is 0. The van der Waals surface area contributed by atoms with Crippen LogP contribution in [0.3, 0.4) is 0 Å². The molecule has 2 rings (SSSR count). The smallest absolute Gasteiger partial charge is 0.225 e. The summed E-state index contributed by atoms with van der Waals surface area (Å²) in [5.74, 6) is 1.41. The molecule has 1 fully saturated rings. The Balaban J connectivity index is 2.20. The van der Waals surface area contributed by atoms with Crippen molar-refractivity contribution >= 4 is 5.95 Å². The van der Waals surface area contributed by atoms with Gasteiger partial charge < -0.3 is 10.6 Å². The standard InChI is InChI=1S/C16H28N4/c1-12(11-17)10-15-13(2)18-16(19-14(15)3)20-8-6-4-5-7-9-20/h12H,4-11,17H2,1-3H3. The van der Waals surface area contributed by atoms with E-state index in [0.29, 0.717) is 12.5 Å². The van der Waals surface area contributed by atoms with Gasteiger partial charge >= 0.3 is 0 Å². The van der Waals surface area contributed by atoms with E-state index in [1.807, 2.05) is 0 Å². The third kappa shape index (κ3) is 3.69. The van der Waals surface area contributed by atoms with Gasteiger partial charge in [0.25, 0.3) is 0 Å². The van der Waals surface area contributed by atoms with Crippen molar-refractivity contribution < 1.29 is 0 Å². The maximum atomic E-state index is 5.74. The van der Waals surface area contributed by atoms with Crippen LogP contribution in [0.25, 0.3) is 0 Å². The highest BCUT2D eigenvalue weighted by atomic mass is 15.2. The minimum Gasteiger partial charge on any atom is -0.341 e. The van der Waals surface area contributed by atoms with Crippen LogP contribution in [0.5, 0.6) is 0 Å². The first-order chi connectivity index (χ1) is 9.61. The van der Waals surface area contributed by atoms with Gasteiger partial charge in [0.05, 0.1) is 0 Å². The van der Waals surface area contributed by atoms with Crippen molar-refractivity contribution in [2.75, 3.05) is 24.5 Å². The Kier molecular flexibility index (Phi) is 5.35. The van der Waals surface area contributed by atoms with Gasteiger partial charge in [0.2, 0.25) is 5.95 Å². The summed E-state index contributed by atoms with van der Waals surface area (Å²) in [4.78, 5) is 11.9. The fourth-order valence-corrected chi connectivity index (χ4v) is 2.86. The maximum absolute atomic E-state index is 5.74. The van der Waals surface area contributed by atoms with E-state index in [0.717, 1.165) is 36.8 Å². The van der Waals surface area contributed by atoms with Crippen molar-refractivity contribution in [3.05, 3.63) is 17.0 Å². The van der Waals surface area contributed by atoms with Gasteiger partial charge in [0, 0.05) is 24.5 Å². The Morgan fingerprint density at radius 2 is 1.60 bits per heavy atom. The van der Waals surface area contributed by atoms with Crippen molar-refractivity contribution in [2.45, 2.75) is 52.9 Å². The maximum Gasteiger partial charge on any atom is 0.225 e. The largest absolute Gasteiger partial charge is 0.341 e. The summed E-state index contributed by atoms with van der Waals surface area (Å²) in [5.41, 5.74) is 9.26. The van der Waals surface area contributed by atoms with Crippen LogP contribution in [-0.4, -0.2) is 29.6 Å². The van der Waals surface area contributed by atoms with Crippen LogP contribution in [0.4, 0.5) is 5.95 Å². The Morgan fingerprint density at radius 3 is 2.10 bits per heavy atom. The number of aromatic nitrogens is 2. The summed E-state index contributed by atoms with van der Waals surface area (Å²) in [7, 11) is 0. The minimum absolute atomic E-state index is 0.486. The SMILES string of the molecule is Cc1nc(N2CCCCCC2)nc(C)c1CC(C)CN. The molecular formula is C16H28N4. The molecular weight excluding hydrogens is 248 g/mol. The lowest BCUT2D eigenvalue weighted by Crippen LogP contribution is -2.27. The number of nitrogens with two attached hydrogens (primary N) is 1. The van der Waals surface area contributed by atoms with E-state index < -0.39 is 0 Å². The molecule has 4 heteroatoms. The summed E-state index contributed by atoms with van der Waals surface area (Å²) in [6.45, 7) is 9.30. The van der Waals surface area contributed by atoms with Crippen molar-refractivity contribution in [3.8, 4) is 0 Å². The molecule has 0 spiro atoms. The molecule has 1 atom stereocenters. The molecule has 0 saturated carbocycles. The van der Waals surface area contributed by atoms with Gasteiger partial charge in [0.15, 0.2) is 0 Å². The van der Waals surface area contributed by atoms with Gasteiger partial charge in [-0.2, -0.15) is 0 Å². The average molecular weight is 276 g/mol. The Hall–Kier alpha value is -1.16. The molecule has 2 heterocycles. The van der Waals surface area contributed by atoms with Crippen LogP contribution in [-0.2, 0) is 6.42 Å². The normalized spacial score (nSPS) is 17.9. The van der Waals surface area contributed by atoms with E-state index in [1.165, 1.54) is 31.2 Å². The van der Waals surface area contributed by atoms with E-state index in [4.69, 9.17) is 15.7 Å². The van der Waals surface area contributed by atoms with E-state index in [1.54, 1.807) is 0 Å². The zero-order valence-electron chi connectivity index (χ0n) is 13.2. The second-order valence-electron chi connectivity index (χ2n) is 6.12.